The van der Waals surface area contributed by atoms with Gasteiger partial charge in [0.2, 0.25) is 0 Å². The molecule has 8 heteroatoms. The van der Waals surface area contributed by atoms with Crippen LogP contribution in [-0.4, -0.2) is 30.0 Å². The number of ether oxygens (including phenoxy) is 1. The highest BCUT2D eigenvalue weighted by Crippen LogP contribution is 2.30. The average Bonchev–Trinajstić information content (AvgIpc) is 3.23. The van der Waals surface area contributed by atoms with Crippen LogP contribution < -0.4 is 15.5 Å². The Morgan fingerprint density at radius 1 is 1.14 bits per heavy atom. The summed E-state index contributed by atoms with van der Waals surface area (Å²) in [5, 5.41) is 4.02. The van der Waals surface area contributed by atoms with Gasteiger partial charge >= 0.3 is 11.9 Å². The van der Waals surface area contributed by atoms with Crippen LogP contribution in [-0.2, 0) is 10.3 Å². The van der Waals surface area contributed by atoms with E-state index in [4.69, 9.17) is 9.15 Å². The number of nitrogens with one attached hydrogen (secondary N) is 2. The van der Waals surface area contributed by atoms with Gasteiger partial charge in [-0.25, -0.2) is 10.2 Å². The zero-order valence-electron chi connectivity index (χ0n) is 15.2. The number of fused-ring (bicyclic) bond motifs is 1. The number of hydrogen-bond acceptors (Lipinski definition) is 5. The fraction of sp³-hybridized carbons (Fsp3) is 0.150. The molecule has 28 heavy (non-hydrogen) atoms. The van der Waals surface area contributed by atoms with E-state index in [1.165, 1.54) is 7.11 Å². The average molecular weight is 379 g/mol. The summed E-state index contributed by atoms with van der Waals surface area (Å²) in [4.78, 5) is 37.8. The van der Waals surface area contributed by atoms with Crippen molar-refractivity contribution in [3.05, 3.63) is 65.9 Å². The molecule has 4 amide bonds. The van der Waals surface area contributed by atoms with Crippen molar-refractivity contribution in [2.45, 2.75) is 12.5 Å². The van der Waals surface area contributed by atoms with Crippen LogP contribution in [0.2, 0.25) is 0 Å². The lowest BCUT2D eigenvalue weighted by Crippen LogP contribution is -2.47. The molecule has 1 aliphatic heterocycles. The van der Waals surface area contributed by atoms with Crippen molar-refractivity contribution in [1.82, 2.24) is 15.8 Å². The third-order valence-corrected chi connectivity index (χ3v) is 4.70. The van der Waals surface area contributed by atoms with Crippen molar-refractivity contribution in [2.24, 2.45) is 0 Å². The minimum absolute atomic E-state index is 0.00298. The Hall–Kier alpha value is -3.81. The molecule has 0 bridgehead atoms. The van der Waals surface area contributed by atoms with Crippen molar-refractivity contribution in [2.75, 3.05) is 7.11 Å². The third-order valence-electron chi connectivity index (χ3n) is 4.70. The van der Waals surface area contributed by atoms with Crippen LogP contribution in [0.5, 0.6) is 5.75 Å². The standard InChI is InChI=1S/C20H17N3O5/c1-20(13-7-5-8-14(11-13)27-2)18(25)23(19(26)21-20)22-17(24)16-10-12-6-3-4-9-15(12)28-16/h3-11H,1-2H3,(H,21,26)(H,22,24)/t20-/m1/s1. The number of carbonyl (C=O) groups is 3. The van der Waals surface area contributed by atoms with Gasteiger partial charge in [0.05, 0.1) is 7.11 Å². The topological polar surface area (TPSA) is 101 Å². The molecule has 1 fully saturated rings. The first-order chi connectivity index (χ1) is 13.4. The second-order valence-corrected chi connectivity index (χ2v) is 6.52. The Morgan fingerprint density at radius 2 is 1.93 bits per heavy atom. The zero-order valence-corrected chi connectivity index (χ0v) is 15.2. The van der Waals surface area contributed by atoms with E-state index < -0.39 is 23.4 Å². The van der Waals surface area contributed by atoms with Crippen LogP contribution in [0.3, 0.4) is 0 Å². The highest BCUT2D eigenvalue weighted by molar-refractivity contribution is 6.09. The van der Waals surface area contributed by atoms with Crippen LogP contribution in [0.1, 0.15) is 23.0 Å². The van der Waals surface area contributed by atoms with E-state index in [0.717, 1.165) is 5.39 Å². The molecule has 1 aromatic heterocycles. The van der Waals surface area contributed by atoms with E-state index >= 15 is 0 Å². The molecule has 1 saturated heterocycles. The number of amides is 4. The molecule has 2 N–H and O–H groups in total. The van der Waals surface area contributed by atoms with Crippen molar-refractivity contribution in [3.63, 3.8) is 0 Å². The second kappa shape index (κ2) is 6.41. The lowest BCUT2D eigenvalue weighted by molar-refractivity contribution is -0.132. The van der Waals surface area contributed by atoms with Crippen LogP contribution in [0.15, 0.2) is 59.0 Å². The number of furan rings is 1. The second-order valence-electron chi connectivity index (χ2n) is 6.52. The number of para-hydroxylation sites is 1. The summed E-state index contributed by atoms with van der Waals surface area (Å²) >= 11 is 0. The van der Waals surface area contributed by atoms with Crippen molar-refractivity contribution < 1.29 is 23.5 Å². The van der Waals surface area contributed by atoms with Gasteiger partial charge in [0, 0.05) is 5.39 Å². The van der Waals surface area contributed by atoms with Gasteiger partial charge in [0.25, 0.3) is 5.91 Å². The molecule has 4 rings (SSSR count). The summed E-state index contributed by atoms with van der Waals surface area (Å²) in [7, 11) is 1.51. The number of imide groups is 1. The lowest BCUT2D eigenvalue weighted by Gasteiger charge is -2.22. The molecule has 0 spiro atoms. The Kier molecular flexibility index (Phi) is 4.03. The molecule has 1 atom stereocenters. The van der Waals surface area contributed by atoms with Crippen molar-refractivity contribution in [3.8, 4) is 5.75 Å². The SMILES string of the molecule is COc1cccc([C@@]2(C)NC(=O)N(NC(=O)c3cc4ccccc4o3)C2=O)c1. The number of benzene rings is 2. The summed E-state index contributed by atoms with van der Waals surface area (Å²) in [6, 6.07) is 14.7. The fourth-order valence-electron chi connectivity index (χ4n) is 3.12. The van der Waals surface area contributed by atoms with Crippen molar-refractivity contribution >= 4 is 28.8 Å². The van der Waals surface area contributed by atoms with Gasteiger partial charge in [0.1, 0.15) is 16.9 Å². The normalized spacial score (nSPS) is 19.0. The van der Waals surface area contributed by atoms with E-state index in [1.54, 1.807) is 55.5 Å². The molecule has 2 heterocycles. The maximum absolute atomic E-state index is 12.9. The summed E-state index contributed by atoms with van der Waals surface area (Å²) in [5.41, 5.74) is 2.04. The quantitative estimate of drug-likeness (QED) is 0.679. The smallest absolute Gasteiger partial charge is 0.344 e. The zero-order chi connectivity index (χ0) is 19.9. The first-order valence-corrected chi connectivity index (χ1v) is 8.53. The van der Waals surface area contributed by atoms with E-state index in [-0.39, 0.29) is 5.76 Å². The monoisotopic (exact) mass is 379 g/mol. The summed E-state index contributed by atoms with van der Waals surface area (Å²) < 4.78 is 10.7. The molecule has 0 aliphatic carbocycles. The Morgan fingerprint density at radius 3 is 2.68 bits per heavy atom. The predicted octanol–water partition coefficient (Wildman–Crippen LogP) is 2.55. The van der Waals surface area contributed by atoms with Crippen LogP contribution >= 0.6 is 0 Å². The number of methoxy groups -OCH3 is 1. The minimum Gasteiger partial charge on any atom is -0.497 e. The molecule has 3 aromatic rings. The minimum atomic E-state index is -1.34. The van der Waals surface area contributed by atoms with Gasteiger partial charge < -0.3 is 14.5 Å². The Balaban J connectivity index is 1.59. The van der Waals surface area contributed by atoms with Gasteiger partial charge in [-0.2, -0.15) is 5.01 Å². The van der Waals surface area contributed by atoms with Gasteiger partial charge in [0.15, 0.2) is 5.76 Å². The Labute approximate surface area is 160 Å². The number of urea groups is 1. The molecule has 8 nitrogen and oxygen atoms in total. The number of carbonyl (C=O) groups excluding carboxylic acids is 3. The molecular weight excluding hydrogens is 362 g/mol. The maximum Gasteiger partial charge on any atom is 0.344 e. The lowest BCUT2D eigenvalue weighted by atomic mass is 9.92. The fourth-order valence-corrected chi connectivity index (χ4v) is 3.12. The van der Waals surface area contributed by atoms with Gasteiger partial charge in [-0.1, -0.05) is 30.3 Å². The van der Waals surface area contributed by atoms with Crippen LogP contribution in [0, 0.1) is 0 Å². The summed E-state index contributed by atoms with van der Waals surface area (Å²) in [5.74, 6) is -0.771. The van der Waals surface area contributed by atoms with Gasteiger partial charge in [-0.15, -0.1) is 0 Å². The summed E-state index contributed by atoms with van der Waals surface area (Å²) in [6.45, 7) is 1.56. The largest absolute Gasteiger partial charge is 0.497 e. The number of hydrogen-bond donors (Lipinski definition) is 2. The highest BCUT2D eigenvalue weighted by atomic mass is 16.5. The van der Waals surface area contributed by atoms with Crippen LogP contribution in [0.25, 0.3) is 11.0 Å². The molecule has 0 radical (unpaired) electrons. The molecule has 2 aromatic carbocycles. The Bertz CT molecular complexity index is 1070. The number of hydrazine groups is 1. The van der Waals surface area contributed by atoms with E-state index in [9.17, 15) is 14.4 Å². The van der Waals surface area contributed by atoms with Crippen molar-refractivity contribution in [1.29, 1.82) is 0 Å². The van der Waals surface area contributed by atoms with Gasteiger partial charge in [-0.05, 0) is 36.8 Å². The molecule has 142 valence electrons. The van der Waals surface area contributed by atoms with E-state index in [1.807, 2.05) is 6.07 Å². The molecule has 0 unspecified atom stereocenters. The molecule has 0 saturated carbocycles. The van der Waals surface area contributed by atoms with Gasteiger partial charge in [-0.3, -0.25) is 9.59 Å². The van der Waals surface area contributed by atoms with E-state index in [2.05, 4.69) is 10.7 Å². The highest BCUT2D eigenvalue weighted by Gasteiger charge is 2.50. The molecular formula is C20H17N3O5. The first kappa shape index (κ1) is 17.6. The van der Waals surface area contributed by atoms with Crippen LogP contribution in [0.4, 0.5) is 4.79 Å². The van der Waals surface area contributed by atoms with E-state index in [0.29, 0.717) is 21.9 Å². The predicted molar refractivity (Wildman–Crippen MR) is 99.4 cm³/mol. The third kappa shape index (κ3) is 2.75. The molecule has 1 aliphatic rings. The first-order valence-electron chi connectivity index (χ1n) is 8.53. The number of rotatable bonds is 4. The maximum atomic E-state index is 12.9. The number of nitrogens with zero attached hydrogens (tertiary/aromatic N) is 1. The summed E-state index contributed by atoms with van der Waals surface area (Å²) in [6.07, 6.45) is 0.